The van der Waals surface area contributed by atoms with Crippen LogP contribution in [-0.4, -0.2) is 45.2 Å². The zero-order valence-corrected chi connectivity index (χ0v) is 13.8. The summed E-state index contributed by atoms with van der Waals surface area (Å²) in [7, 11) is 3.61. The van der Waals surface area contributed by atoms with Gasteiger partial charge in [-0.05, 0) is 25.3 Å². The third-order valence-corrected chi connectivity index (χ3v) is 5.41. The molecule has 0 bridgehead atoms. The first-order valence-corrected chi connectivity index (χ1v) is 8.00. The lowest BCUT2D eigenvalue weighted by atomic mass is 9.83. The lowest BCUT2D eigenvalue weighted by molar-refractivity contribution is -0.00780. The molecule has 1 atom stereocenters. The molecule has 2 aromatic heterocycles. The summed E-state index contributed by atoms with van der Waals surface area (Å²) in [4.78, 5) is 27.6. The van der Waals surface area contributed by atoms with Crippen molar-refractivity contribution in [2.45, 2.75) is 25.3 Å². The first-order valence-electron chi connectivity index (χ1n) is 8.00. The van der Waals surface area contributed by atoms with Crippen LogP contribution in [0.3, 0.4) is 0 Å². The molecule has 2 fully saturated rings. The SMILES string of the molecule is Cc1cn(C)c(=O)c2c(C(=O)N3CCC34CCOC4)cn(C)c12. The van der Waals surface area contributed by atoms with Crippen molar-refractivity contribution >= 4 is 16.8 Å². The number of fused-ring (bicyclic) bond motifs is 1. The van der Waals surface area contributed by atoms with Gasteiger partial charge in [0.1, 0.15) is 0 Å². The quantitative estimate of drug-likeness (QED) is 0.794. The number of nitrogens with zero attached hydrogens (tertiary/aromatic N) is 3. The molecule has 2 aromatic rings. The summed E-state index contributed by atoms with van der Waals surface area (Å²) in [6.45, 7) is 4.03. The number of hydrogen-bond donors (Lipinski definition) is 0. The summed E-state index contributed by atoms with van der Waals surface area (Å²) in [6, 6.07) is 0. The van der Waals surface area contributed by atoms with E-state index in [9.17, 15) is 9.59 Å². The number of rotatable bonds is 1. The molecular formula is C17H21N3O3. The minimum absolute atomic E-state index is 0.0462. The second-order valence-corrected chi connectivity index (χ2v) is 6.84. The van der Waals surface area contributed by atoms with Gasteiger partial charge in [-0.1, -0.05) is 0 Å². The van der Waals surface area contributed by atoms with E-state index in [2.05, 4.69) is 0 Å². The molecule has 0 aromatic carbocycles. The lowest BCUT2D eigenvalue weighted by Gasteiger charge is -2.49. The van der Waals surface area contributed by atoms with Gasteiger partial charge in [0.2, 0.25) is 0 Å². The molecule has 0 aliphatic carbocycles. The van der Waals surface area contributed by atoms with E-state index in [-0.39, 0.29) is 17.0 Å². The van der Waals surface area contributed by atoms with Crippen molar-refractivity contribution in [3.8, 4) is 0 Å². The van der Waals surface area contributed by atoms with Crippen molar-refractivity contribution in [2.75, 3.05) is 19.8 Å². The van der Waals surface area contributed by atoms with Gasteiger partial charge in [0.05, 0.1) is 28.6 Å². The fraction of sp³-hybridized carbons (Fsp3) is 0.529. The summed E-state index contributed by atoms with van der Waals surface area (Å²) < 4.78 is 8.95. The molecule has 2 aliphatic heterocycles. The second-order valence-electron chi connectivity index (χ2n) is 6.84. The Morgan fingerprint density at radius 3 is 2.61 bits per heavy atom. The minimum atomic E-state index is -0.145. The molecule has 0 radical (unpaired) electrons. The first kappa shape index (κ1) is 14.5. The van der Waals surface area contributed by atoms with Crippen LogP contribution in [0.4, 0.5) is 0 Å². The van der Waals surface area contributed by atoms with Crippen LogP contribution in [0, 0.1) is 6.92 Å². The van der Waals surface area contributed by atoms with Gasteiger partial charge in [0.25, 0.3) is 11.5 Å². The smallest absolute Gasteiger partial charge is 0.260 e. The maximum atomic E-state index is 13.1. The number of carbonyl (C=O) groups is 1. The standard InChI is InChI=1S/C17H21N3O3/c1-11-8-19(3)16(22)13-12(9-18(2)14(11)13)15(21)20-6-4-17(20)5-7-23-10-17/h8-9H,4-7,10H2,1-3H3. The average molecular weight is 315 g/mol. The summed E-state index contributed by atoms with van der Waals surface area (Å²) in [5.74, 6) is -0.0462. The number of pyridine rings is 1. The fourth-order valence-corrected chi connectivity index (χ4v) is 4.08. The van der Waals surface area contributed by atoms with Crippen LogP contribution in [0.15, 0.2) is 17.2 Å². The third kappa shape index (κ3) is 1.84. The van der Waals surface area contributed by atoms with Gasteiger partial charge in [-0.15, -0.1) is 0 Å². The third-order valence-electron chi connectivity index (χ3n) is 5.41. The Morgan fingerprint density at radius 2 is 2.00 bits per heavy atom. The second kappa shape index (κ2) is 4.71. The number of aromatic nitrogens is 2. The first-order chi connectivity index (χ1) is 10.9. The molecular weight excluding hydrogens is 294 g/mol. The molecule has 1 spiro atoms. The minimum Gasteiger partial charge on any atom is -0.379 e. The van der Waals surface area contributed by atoms with Gasteiger partial charge in [-0.3, -0.25) is 9.59 Å². The molecule has 1 amide bonds. The van der Waals surface area contributed by atoms with Crippen molar-refractivity contribution < 1.29 is 9.53 Å². The zero-order chi connectivity index (χ0) is 16.4. The van der Waals surface area contributed by atoms with Crippen LogP contribution in [0.1, 0.15) is 28.8 Å². The average Bonchev–Trinajstić information content (AvgIpc) is 3.10. The number of likely N-dealkylation sites (tertiary alicyclic amines) is 1. The van der Waals surface area contributed by atoms with Crippen molar-refractivity contribution in [2.24, 2.45) is 14.1 Å². The molecule has 6 nitrogen and oxygen atoms in total. The molecule has 2 aliphatic rings. The van der Waals surface area contributed by atoms with E-state index in [0.29, 0.717) is 24.2 Å². The Labute approximate surface area is 134 Å². The van der Waals surface area contributed by atoms with E-state index in [0.717, 1.165) is 30.5 Å². The van der Waals surface area contributed by atoms with E-state index >= 15 is 0 Å². The number of aryl methyl sites for hydroxylation is 3. The summed E-state index contributed by atoms with van der Waals surface area (Å²) in [6.07, 6.45) is 5.49. The van der Waals surface area contributed by atoms with Gasteiger partial charge < -0.3 is 18.8 Å². The Morgan fingerprint density at radius 1 is 1.22 bits per heavy atom. The molecule has 0 saturated carbocycles. The van der Waals surface area contributed by atoms with Crippen LogP contribution in [0.5, 0.6) is 0 Å². The monoisotopic (exact) mass is 315 g/mol. The van der Waals surface area contributed by atoms with E-state index in [1.807, 2.05) is 29.6 Å². The van der Waals surface area contributed by atoms with Crippen molar-refractivity contribution in [3.05, 3.63) is 33.9 Å². The van der Waals surface area contributed by atoms with Crippen LogP contribution in [-0.2, 0) is 18.8 Å². The lowest BCUT2D eigenvalue weighted by Crippen LogP contribution is -2.62. The summed E-state index contributed by atoms with van der Waals surface area (Å²) >= 11 is 0. The highest BCUT2D eigenvalue weighted by atomic mass is 16.5. The Balaban J connectivity index is 1.86. The highest BCUT2D eigenvalue weighted by Gasteiger charge is 2.50. The normalized spacial score (nSPS) is 23.7. The van der Waals surface area contributed by atoms with Gasteiger partial charge in [0.15, 0.2) is 0 Å². The maximum Gasteiger partial charge on any atom is 0.260 e. The molecule has 122 valence electrons. The van der Waals surface area contributed by atoms with Crippen LogP contribution in [0.25, 0.3) is 10.9 Å². The number of amides is 1. The predicted molar refractivity (Wildman–Crippen MR) is 86.7 cm³/mol. The molecule has 2 saturated heterocycles. The summed E-state index contributed by atoms with van der Waals surface area (Å²) in [5, 5.41) is 0.529. The highest BCUT2D eigenvalue weighted by molar-refractivity contribution is 6.07. The number of ether oxygens (including phenoxy) is 1. The molecule has 0 N–H and O–H groups in total. The van der Waals surface area contributed by atoms with E-state index in [4.69, 9.17) is 4.74 Å². The van der Waals surface area contributed by atoms with Crippen LogP contribution >= 0.6 is 0 Å². The van der Waals surface area contributed by atoms with Gasteiger partial charge in [-0.25, -0.2) is 0 Å². The van der Waals surface area contributed by atoms with Crippen molar-refractivity contribution in [3.63, 3.8) is 0 Å². The van der Waals surface area contributed by atoms with Crippen LogP contribution < -0.4 is 5.56 Å². The fourth-order valence-electron chi connectivity index (χ4n) is 4.08. The number of carbonyl (C=O) groups excluding carboxylic acids is 1. The predicted octanol–water partition coefficient (Wildman–Crippen LogP) is 1.19. The molecule has 4 rings (SSSR count). The van der Waals surface area contributed by atoms with Gasteiger partial charge in [0, 0.05) is 39.6 Å². The Hall–Kier alpha value is -2.08. The summed E-state index contributed by atoms with van der Waals surface area (Å²) in [5.41, 5.74) is 2.08. The van der Waals surface area contributed by atoms with Gasteiger partial charge in [-0.2, -0.15) is 0 Å². The maximum absolute atomic E-state index is 13.1. The van der Waals surface area contributed by atoms with E-state index in [1.165, 1.54) is 0 Å². The van der Waals surface area contributed by atoms with Crippen LogP contribution in [0.2, 0.25) is 0 Å². The molecule has 6 heteroatoms. The molecule has 1 unspecified atom stereocenters. The molecule has 23 heavy (non-hydrogen) atoms. The Bertz CT molecular complexity index is 871. The highest BCUT2D eigenvalue weighted by Crippen LogP contribution is 2.39. The van der Waals surface area contributed by atoms with E-state index in [1.54, 1.807) is 17.8 Å². The van der Waals surface area contributed by atoms with E-state index < -0.39 is 0 Å². The Kier molecular flexibility index (Phi) is 2.97. The number of hydrogen-bond acceptors (Lipinski definition) is 3. The topological polar surface area (TPSA) is 56.5 Å². The van der Waals surface area contributed by atoms with Crippen molar-refractivity contribution in [1.29, 1.82) is 0 Å². The van der Waals surface area contributed by atoms with Crippen molar-refractivity contribution in [1.82, 2.24) is 14.0 Å². The largest absolute Gasteiger partial charge is 0.379 e. The molecule has 4 heterocycles. The zero-order valence-electron chi connectivity index (χ0n) is 13.8. The van der Waals surface area contributed by atoms with Gasteiger partial charge >= 0.3 is 0 Å².